The number of hydrogen-bond acceptors (Lipinski definition) is 1. The van der Waals surface area contributed by atoms with Crippen molar-refractivity contribution in [3.63, 3.8) is 0 Å². The first-order chi connectivity index (χ1) is 5.60. The zero-order valence-corrected chi connectivity index (χ0v) is 8.35. The van der Waals surface area contributed by atoms with Gasteiger partial charge in [0.05, 0.1) is 6.04 Å². The Labute approximate surface area is 75.9 Å². The summed E-state index contributed by atoms with van der Waals surface area (Å²) in [6.07, 6.45) is 7.72. The van der Waals surface area contributed by atoms with Crippen molar-refractivity contribution in [2.24, 2.45) is 11.3 Å². The normalized spacial score (nSPS) is 27.7. The average Bonchev–Trinajstić information content (AvgIpc) is 2.61. The van der Waals surface area contributed by atoms with Gasteiger partial charge in [-0.05, 0) is 30.7 Å². The molecule has 1 fully saturated rings. The number of hydrogen-bond donors (Lipinski definition) is 1. The second-order valence-electron chi connectivity index (χ2n) is 4.43. The van der Waals surface area contributed by atoms with Gasteiger partial charge in [0.1, 0.15) is 0 Å². The van der Waals surface area contributed by atoms with Gasteiger partial charge in [0.25, 0.3) is 0 Å². The molecule has 0 spiro atoms. The van der Waals surface area contributed by atoms with Crippen molar-refractivity contribution < 1.29 is 0 Å². The van der Waals surface area contributed by atoms with E-state index in [2.05, 4.69) is 32.0 Å². The zero-order chi connectivity index (χ0) is 9.19. The third-order valence-electron chi connectivity index (χ3n) is 2.94. The summed E-state index contributed by atoms with van der Waals surface area (Å²) >= 11 is 0. The highest BCUT2D eigenvalue weighted by atomic mass is 14.9. The maximum atomic E-state index is 5.35. The molecule has 12 heavy (non-hydrogen) atoms. The zero-order valence-electron chi connectivity index (χ0n) is 8.35. The minimum absolute atomic E-state index is 0.279. The molecule has 1 aliphatic rings. The number of rotatable bonds is 4. The molecule has 0 aliphatic heterocycles. The molecule has 1 saturated carbocycles. The van der Waals surface area contributed by atoms with Gasteiger partial charge in [-0.3, -0.25) is 0 Å². The molecule has 0 aromatic rings. The molecule has 1 aliphatic carbocycles. The number of nitrogens with one attached hydrogen (secondary N) is 1. The molecule has 1 nitrogen and oxygen atoms in total. The van der Waals surface area contributed by atoms with Crippen molar-refractivity contribution in [1.29, 1.82) is 0 Å². The molecule has 0 saturated heterocycles. The van der Waals surface area contributed by atoms with Crippen LogP contribution in [0.4, 0.5) is 0 Å². The fraction of sp³-hybridized carbons (Fsp3) is 0.818. The summed E-state index contributed by atoms with van der Waals surface area (Å²) in [5, 5.41) is 3.40. The van der Waals surface area contributed by atoms with Crippen molar-refractivity contribution in [1.82, 2.24) is 5.32 Å². The van der Waals surface area contributed by atoms with Gasteiger partial charge in [-0.2, -0.15) is 0 Å². The van der Waals surface area contributed by atoms with Crippen molar-refractivity contribution in [2.75, 3.05) is 6.54 Å². The highest BCUT2D eigenvalue weighted by molar-refractivity contribution is 5.01. The van der Waals surface area contributed by atoms with E-state index in [0.29, 0.717) is 5.41 Å². The van der Waals surface area contributed by atoms with Crippen LogP contribution < -0.4 is 5.32 Å². The molecule has 0 amide bonds. The maximum Gasteiger partial charge on any atom is 0.0684 e. The van der Waals surface area contributed by atoms with Crippen molar-refractivity contribution in [3.05, 3.63) is 0 Å². The van der Waals surface area contributed by atoms with Crippen LogP contribution in [0.15, 0.2) is 0 Å². The molecule has 1 N–H and O–H groups in total. The summed E-state index contributed by atoms with van der Waals surface area (Å²) in [6, 6.07) is 0.279. The van der Waals surface area contributed by atoms with Gasteiger partial charge in [-0.25, -0.2) is 0 Å². The molecule has 2 unspecified atom stereocenters. The molecule has 1 heteroatoms. The van der Waals surface area contributed by atoms with Gasteiger partial charge in [0.2, 0.25) is 0 Å². The Hall–Kier alpha value is -0.480. The molecule has 0 bridgehead atoms. The summed E-state index contributed by atoms with van der Waals surface area (Å²) in [6.45, 7) is 7.84. The van der Waals surface area contributed by atoms with Crippen LogP contribution in [0, 0.1) is 23.7 Å². The van der Waals surface area contributed by atoms with Gasteiger partial charge < -0.3 is 5.32 Å². The van der Waals surface area contributed by atoms with E-state index in [4.69, 9.17) is 6.42 Å². The first kappa shape index (κ1) is 9.61. The van der Waals surface area contributed by atoms with E-state index in [0.717, 1.165) is 18.9 Å². The standard InChI is InChI=1S/C11H19N/c1-5-10(6-2)12-8-9-7-11(9,3)4/h1,9-10,12H,6-8H2,2-4H3. The quantitative estimate of drug-likeness (QED) is 0.629. The second-order valence-corrected chi connectivity index (χ2v) is 4.43. The molecule has 0 heterocycles. The highest BCUT2D eigenvalue weighted by Gasteiger charge is 2.44. The molecule has 68 valence electrons. The summed E-state index contributed by atoms with van der Waals surface area (Å²) in [5.74, 6) is 3.60. The Bertz CT molecular complexity index is 188. The van der Waals surface area contributed by atoms with Crippen molar-refractivity contribution in [3.8, 4) is 12.3 Å². The molecular formula is C11H19N. The Morgan fingerprint density at radius 3 is 2.58 bits per heavy atom. The maximum absolute atomic E-state index is 5.35. The monoisotopic (exact) mass is 165 g/mol. The molecular weight excluding hydrogens is 146 g/mol. The Kier molecular flexibility index (Phi) is 2.80. The van der Waals surface area contributed by atoms with Crippen LogP contribution in [-0.2, 0) is 0 Å². The minimum Gasteiger partial charge on any atom is -0.303 e. The van der Waals surface area contributed by atoms with Crippen LogP contribution >= 0.6 is 0 Å². The van der Waals surface area contributed by atoms with Crippen LogP contribution in [0.5, 0.6) is 0 Å². The van der Waals surface area contributed by atoms with E-state index in [1.807, 2.05) is 0 Å². The lowest BCUT2D eigenvalue weighted by molar-refractivity contribution is 0.495. The van der Waals surface area contributed by atoms with Gasteiger partial charge in [0.15, 0.2) is 0 Å². The third-order valence-corrected chi connectivity index (χ3v) is 2.94. The SMILES string of the molecule is C#CC(CC)NCC1CC1(C)C. The summed E-state index contributed by atoms with van der Waals surface area (Å²) < 4.78 is 0. The fourth-order valence-electron chi connectivity index (χ4n) is 1.53. The van der Waals surface area contributed by atoms with Crippen LogP contribution in [0.1, 0.15) is 33.6 Å². The van der Waals surface area contributed by atoms with Crippen molar-refractivity contribution >= 4 is 0 Å². The highest BCUT2D eigenvalue weighted by Crippen LogP contribution is 2.50. The first-order valence-electron chi connectivity index (χ1n) is 4.79. The van der Waals surface area contributed by atoms with E-state index < -0.39 is 0 Å². The molecule has 0 aromatic carbocycles. The van der Waals surface area contributed by atoms with E-state index in [1.54, 1.807) is 0 Å². The second kappa shape index (κ2) is 3.49. The third kappa shape index (κ3) is 2.25. The first-order valence-corrected chi connectivity index (χ1v) is 4.79. The van der Waals surface area contributed by atoms with E-state index >= 15 is 0 Å². The Morgan fingerprint density at radius 1 is 1.67 bits per heavy atom. The van der Waals surface area contributed by atoms with Crippen LogP contribution in [0.3, 0.4) is 0 Å². The predicted octanol–water partition coefficient (Wildman–Crippen LogP) is 2.03. The van der Waals surface area contributed by atoms with Gasteiger partial charge >= 0.3 is 0 Å². The van der Waals surface area contributed by atoms with Crippen LogP contribution in [0.25, 0.3) is 0 Å². The van der Waals surface area contributed by atoms with Crippen LogP contribution in [0.2, 0.25) is 0 Å². The largest absolute Gasteiger partial charge is 0.303 e. The molecule has 0 aromatic heterocycles. The van der Waals surface area contributed by atoms with Gasteiger partial charge in [-0.15, -0.1) is 6.42 Å². The lowest BCUT2D eigenvalue weighted by Gasteiger charge is -2.10. The average molecular weight is 165 g/mol. The summed E-state index contributed by atoms with van der Waals surface area (Å²) in [4.78, 5) is 0. The van der Waals surface area contributed by atoms with E-state index in [1.165, 1.54) is 6.42 Å². The van der Waals surface area contributed by atoms with Gasteiger partial charge in [-0.1, -0.05) is 26.7 Å². The minimum atomic E-state index is 0.279. The molecule has 2 atom stereocenters. The van der Waals surface area contributed by atoms with Crippen LogP contribution in [-0.4, -0.2) is 12.6 Å². The van der Waals surface area contributed by atoms with E-state index in [9.17, 15) is 0 Å². The summed E-state index contributed by atoms with van der Waals surface area (Å²) in [5.41, 5.74) is 0.569. The fourth-order valence-corrected chi connectivity index (χ4v) is 1.53. The Morgan fingerprint density at radius 2 is 2.25 bits per heavy atom. The lowest BCUT2D eigenvalue weighted by atomic mass is 10.1. The predicted molar refractivity (Wildman–Crippen MR) is 52.8 cm³/mol. The smallest absolute Gasteiger partial charge is 0.0684 e. The topological polar surface area (TPSA) is 12.0 Å². The Balaban J connectivity index is 2.15. The summed E-state index contributed by atoms with van der Waals surface area (Å²) in [7, 11) is 0. The number of terminal acetylenes is 1. The van der Waals surface area contributed by atoms with E-state index in [-0.39, 0.29) is 6.04 Å². The molecule has 1 rings (SSSR count). The van der Waals surface area contributed by atoms with Crippen molar-refractivity contribution in [2.45, 2.75) is 39.7 Å². The molecule has 0 radical (unpaired) electrons. The lowest BCUT2D eigenvalue weighted by Crippen LogP contribution is -2.29. The van der Waals surface area contributed by atoms with Gasteiger partial charge in [0, 0.05) is 0 Å².